The largest absolute Gasteiger partial charge is 0.352 e. The Hall–Kier alpha value is -3.28. The number of hydrogen-bond acceptors (Lipinski definition) is 4. The highest BCUT2D eigenvalue weighted by atomic mass is 19.1. The standard InChI is InChI=1S/C22H23FN4O/c1-2-27(15-17-8-4-3-5-9-17)21-14-20(25-16-26-21)22(28)24-13-12-18-10-6-7-11-19(18)23/h3-11,14,16H,2,12-13,15H2,1H3,(H,24,28). The van der Waals surface area contributed by atoms with Gasteiger partial charge in [-0.3, -0.25) is 4.79 Å². The normalized spacial score (nSPS) is 10.5. The highest BCUT2D eigenvalue weighted by molar-refractivity contribution is 5.92. The number of nitrogens with one attached hydrogen (secondary N) is 1. The van der Waals surface area contributed by atoms with Gasteiger partial charge >= 0.3 is 0 Å². The topological polar surface area (TPSA) is 58.1 Å². The average Bonchev–Trinajstić information content (AvgIpc) is 2.74. The molecule has 2 aromatic carbocycles. The Balaban J connectivity index is 1.62. The Morgan fingerprint density at radius 2 is 1.82 bits per heavy atom. The van der Waals surface area contributed by atoms with Crippen LogP contribution in [0, 0.1) is 5.82 Å². The molecule has 1 N–H and O–H groups in total. The average molecular weight is 378 g/mol. The Kier molecular flexibility index (Phi) is 6.68. The van der Waals surface area contributed by atoms with Crippen LogP contribution in [0.2, 0.25) is 0 Å². The van der Waals surface area contributed by atoms with Gasteiger partial charge in [0.2, 0.25) is 0 Å². The molecule has 0 unspecified atom stereocenters. The van der Waals surface area contributed by atoms with Crippen LogP contribution in [0.4, 0.5) is 10.2 Å². The summed E-state index contributed by atoms with van der Waals surface area (Å²) < 4.78 is 13.7. The minimum Gasteiger partial charge on any atom is -0.352 e. The molecule has 1 aromatic heterocycles. The molecule has 3 aromatic rings. The molecule has 0 aliphatic heterocycles. The van der Waals surface area contributed by atoms with Gasteiger partial charge in [-0.25, -0.2) is 14.4 Å². The van der Waals surface area contributed by atoms with E-state index < -0.39 is 0 Å². The van der Waals surface area contributed by atoms with Crippen LogP contribution in [0.3, 0.4) is 0 Å². The van der Waals surface area contributed by atoms with E-state index in [4.69, 9.17) is 0 Å². The molecule has 0 saturated carbocycles. The third-order valence-corrected chi connectivity index (χ3v) is 4.44. The van der Waals surface area contributed by atoms with Gasteiger partial charge in [0.15, 0.2) is 0 Å². The van der Waals surface area contributed by atoms with Crippen LogP contribution >= 0.6 is 0 Å². The molecule has 0 spiro atoms. The molecule has 3 rings (SSSR count). The first-order valence-corrected chi connectivity index (χ1v) is 9.30. The van der Waals surface area contributed by atoms with Crippen molar-refractivity contribution < 1.29 is 9.18 Å². The van der Waals surface area contributed by atoms with Gasteiger partial charge in [-0.05, 0) is 30.5 Å². The summed E-state index contributed by atoms with van der Waals surface area (Å²) in [6.45, 7) is 3.82. The van der Waals surface area contributed by atoms with Crippen LogP contribution in [0.1, 0.15) is 28.5 Å². The molecule has 28 heavy (non-hydrogen) atoms. The molecular formula is C22H23FN4O. The number of anilines is 1. The SMILES string of the molecule is CCN(Cc1ccccc1)c1cc(C(=O)NCCc2ccccc2F)ncn1. The van der Waals surface area contributed by atoms with E-state index in [1.54, 1.807) is 24.3 Å². The Morgan fingerprint density at radius 3 is 2.57 bits per heavy atom. The van der Waals surface area contributed by atoms with Crippen molar-refractivity contribution in [2.24, 2.45) is 0 Å². The molecule has 1 amide bonds. The summed E-state index contributed by atoms with van der Waals surface area (Å²) in [7, 11) is 0. The van der Waals surface area contributed by atoms with Crippen LogP contribution < -0.4 is 10.2 Å². The van der Waals surface area contributed by atoms with Crippen LogP contribution in [-0.4, -0.2) is 29.0 Å². The molecular weight excluding hydrogens is 355 g/mol. The fourth-order valence-corrected chi connectivity index (χ4v) is 2.91. The van der Waals surface area contributed by atoms with Gasteiger partial charge in [-0.2, -0.15) is 0 Å². The van der Waals surface area contributed by atoms with Crippen LogP contribution in [0.5, 0.6) is 0 Å². The Morgan fingerprint density at radius 1 is 1.07 bits per heavy atom. The number of carbonyl (C=O) groups is 1. The zero-order valence-corrected chi connectivity index (χ0v) is 15.8. The highest BCUT2D eigenvalue weighted by Crippen LogP contribution is 2.15. The number of benzene rings is 2. The maximum Gasteiger partial charge on any atom is 0.270 e. The molecule has 0 radical (unpaired) electrons. The van der Waals surface area contributed by atoms with Gasteiger partial charge in [-0.15, -0.1) is 0 Å². The second-order valence-electron chi connectivity index (χ2n) is 6.36. The van der Waals surface area contributed by atoms with Crippen molar-refractivity contribution in [3.05, 3.63) is 89.6 Å². The van der Waals surface area contributed by atoms with E-state index in [2.05, 4.69) is 32.3 Å². The molecule has 1 heterocycles. The van der Waals surface area contributed by atoms with Crippen molar-refractivity contribution >= 4 is 11.7 Å². The second-order valence-corrected chi connectivity index (χ2v) is 6.36. The summed E-state index contributed by atoms with van der Waals surface area (Å²) in [6.07, 6.45) is 1.82. The van der Waals surface area contributed by atoms with Crippen molar-refractivity contribution in [1.82, 2.24) is 15.3 Å². The lowest BCUT2D eigenvalue weighted by atomic mass is 10.1. The minimum atomic E-state index is -0.296. The van der Waals surface area contributed by atoms with Gasteiger partial charge in [0.1, 0.15) is 23.7 Å². The van der Waals surface area contributed by atoms with Crippen LogP contribution in [0.15, 0.2) is 67.0 Å². The van der Waals surface area contributed by atoms with Gasteiger partial charge in [0.05, 0.1) is 0 Å². The fraction of sp³-hybridized carbons (Fsp3) is 0.227. The molecule has 6 heteroatoms. The first-order valence-electron chi connectivity index (χ1n) is 9.30. The lowest BCUT2D eigenvalue weighted by Gasteiger charge is -2.22. The van der Waals surface area contributed by atoms with Crippen molar-refractivity contribution in [2.75, 3.05) is 18.0 Å². The summed E-state index contributed by atoms with van der Waals surface area (Å²) in [5, 5.41) is 2.79. The molecule has 0 aliphatic rings. The van der Waals surface area contributed by atoms with Crippen molar-refractivity contribution in [3.63, 3.8) is 0 Å². The summed E-state index contributed by atoms with van der Waals surface area (Å²) in [6, 6.07) is 18.3. The molecule has 144 valence electrons. The number of carbonyl (C=O) groups excluding carboxylic acids is 1. The van der Waals surface area contributed by atoms with Crippen LogP contribution in [0.25, 0.3) is 0 Å². The van der Waals surface area contributed by atoms with E-state index >= 15 is 0 Å². The molecule has 0 fully saturated rings. The number of aromatic nitrogens is 2. The van der Waals surface area contributed by atoms with E-state index in [1.807, 2.05) is 25.1 Å². The van der Waals surface area contributed by atoms with Crippen LogP contribution in [-0.2, 0) is 13.0 Å². The first-order chi connectivity index (χ1) is 13.7. The summed E-state index contributed by atoms with van der Waals surface area (Å²) >= 11 is 0. The monoisotopic (exact) mass is 378 g/mol. The predicted octanol–water partition coefficient (Wildman–Crippen LogP) is 3.61. The number of nitrogens with zero attached hydrogens (tertiary/aromatic N) is 3. The first kappa shape index (κ1) is 19.5. The number of halogens is 1. The van der Waals surface area contributed by atoms with Gasteiger partial charge in [0.25, 0.3) is 5.91 Å². The molecule has 0 bridgehead atoms. The van der Waals surface area contributed by atoms with E-state index in [0.717, 1.165) is 6.54 Å². The van der Waals surface area contributed by atoms with E-state index in [9.17, 15) is 9.18 Å². The molecule has 0 saturated heterocycles. The fourth-order valence-electron chi connectivity index (χ4n) is 2.91. The quantitative estimate of drug-likeness (QED) is 0.651. The summed E-state index contributed by atoms with van der Waals surface area (Å²) in [5.74, 6) is 0.136. The Bertz CT molecular complexity index is 917. The van der Waals surface area contributed by atoms with Gasteiger partial charge < -0.3 is 10.2 Å². The number of hydrogen-bond donors (Lipinski definition) is 1. The third kappa shape index (κ3) is 5.13. The van der Waals surface area contributed by atoms with E-state index in [1.165, 1.54) is 18.0 Å². The minimum absolute atomic E-state index is 0.263. The zero-order valence-electron chi connectivity index (χ0n) is 15.8. The maximum absolute atomic E-state index is 13.7. The molecule has 5 nitrogen and oxygen atoms in total. The number of amides is 1. The lowest BCUT2D eigenvalue weighted by molar-refractivity contribution is 0.0949. The third-order valence-electron chi connectivity index (χ3n) is 4.44. The molecule has 0 aliphatic carbocycles. The van der Waals surface area contributed by atoms with E-state index in [-0.39, 0.29) is 11.7 Å². The Labute approximate surface area is 164 Å². The maximum atomic E-state index is 13.7. The van der Waals surface area contributed by atoms with Crippen molar-refractivity contribution in [1.29, 1.82) is 0 Å². The number of rotatable bonds is 8. The van der Waals surface area contributed by atoms with Crippen molar-refractivity contribution in [2.45, 2.75) is 19.9 Å². The molecule has 0 atom stereocenters. The van der Waals surface area contributed by atoms with Gasteiger partial charge in [-0.1, -0.05) is 48.5 Å². The van der Waals surface area contributed by atoms with Gasteiger partial charge in [0, 0.05) is 25.7 Å². The van der Waals surface area contributed by atoms with E-state index in [0.29, 0.717) is 36.6 Å². The summed E-state index contributed by atoms with van der Waals surface area (Å²) in [5.41, 5.74) is 2.04. The predicted molar refractivity (Wildman–Crippen MR) is 108 cm³/mol. The summed E-state index contributed by atoms with van der Waals surface area (Å²) in [4.78, 5) is 22.9. The second kappa shape index (κ2) is 9.60. The smallest absolute Gasteiger partial charge is 0.270 e. The van der Waals surface area contributed by atoms with Crippen molar-refractivity contribution in [3.8, 4) is 0 Å². The lowest BCUT2D eigenvalue weighted by Crippen LogP contribution is -2.28. The highest BCUT2D eigenvalue weighted by Gasteiger charge is 2.12. The zero-order chi connectivity index (χ0) is 19.8.